The van der Waals surface area contributed by atoms with Crippen molar-refractivity contribution in [3.63, 3.8) is 0 Å². The SMILES string of the molecule is COC(=O)CC1=C(C(=O)OC)C2(C(=O)N1CC(=O)OC)c1cc(Br)ccc1-c1oc(N)nc12. The molecule has 33 heavy (non-hydrogen) atoms. The standard InChI is InChI=1S/C21H18BrN3O8/c1-30-13(26)7-12-15(18(28)32-3)21(19(29)25(12)8-14(27)31-2)11-6-9(22)4-5-10(11)16-17(21)24-20(23)33-16/h4-6H,7-8H2,1-3H3,(H2,23,24). The second-order valence-corrected chi connectivity index (χ2v) is 8.12. The van der Waals surface area contributed by atoms with Crippen LogP contribution in [0.4, 0.5) is 6.01 Å². The normalized spacial score (nSPS) is 18.4. The molecular weight excluding hydrogens is 502 g/mol. The summed E-state index contributed by atoms with van der Waals surface area (Å²) in [6.07, 6.45) is -0.489. The summed E-state index contributed by atoms with van der Waals surface area (Å²) in [4.78, 5) is 57.0. The molecule has 2 aromatic rings. The predicted octanol–water partition coefficient (Wildman–Crippen LogP) is 1.29. The Kier molecular flexibility index (Phi) is 5.48. The molecule has 0 fully saturated rings. The third-order valence-electron chi connectivity index (χ3n) is 5.63. The number of hydrogen-bond donors (Lipinski definition) is 1. The van der Waals surface area contributed by atoms with Crippen LogP contribution in [0.5, 0.6) is 0 Å². The van der Waals surface area contributed by atoms with E-state index in [1.54, 1.807) is 18.2 Å². The molecule has 2 N–H and O–H groups in total. The molecule has 1 aromatic heterocycles. The first-order valence-corrected chi connectivity index (χ1v) is 10.3. The monoisotopic (exact) mass is 519 g/mol. The minimum atomic E-state index is -1.86. The van der Waals surface area contributed by atoms with Crippen LogP contribution < -0.4 is 5.73 Å². The average molecular weight is 520 g/mol. The van der Waals surface area contributed by atoms with Crippen molar-refractivity contribution < 1.29 is 37.8 Å². The van der Waals surface area contributed by atoms with E-state index in [-0.39, 0.29) is 28.7 Å². The number of nitrogen functional groups attached to an aromatic ring is 1. The minimum Gasteiger partial charge on any atom is -0.469 e. The van der Waals surface area contributed by atoms with Crippen LogP contribution in [-0.2, 0) is 38.8 Å². The van der Waals surface area contributed by atoms with Gasteiger partial charge in [0.1, 0.15) is 12.2 Å². The number of rotatable bonds is 5. The maximum atomic E-state index is 14.1. The van der Waals surface area contributed by atoms with Crippen LogP contribution in [0, 0.1) is 0 Å². The van der Waals surface area contributed by atoms with Crippen molar-refractivity contribution in [2.45, 2.75) is 11.8 Å². The van der Waals surface area contributed by atoms with E-state index in [0.717, 1.165) is 26.2 Å². The zero-order valence-corrected chi connectivity index (χ0v) is 19.3. The third kappa shape index (κ3) is 3.12. The fourth-order valence-electron chi connectivity index (χ4n) is 4.31. The molecule has 1 amide bonds. The highest BCUT2D eigenvalue weighted by Gasteiger charge is 2.64. The Morgan fingerprint density at radius 2 is 1.85 bits per heavy atom. The molecule has 11 nitrogen and oxygen atoms in total. The number of ether oxygens (including phenoxy) is 3. The number of carbonyl (C=O) groups excluding carboxylic acids is 4. The molecule has 12 heteroatoms. The van der Waals surface area contributed by atoms with Gasteiger partial charge in [-0.25, -0.2) is 4.79 Å². The lowest BCUT2D eigenvalue weighted by Crippen LogP contribution is -2.44. The van der Waals surface area contributed by atoms with Crippen LogP contribution in [0.2, 0.25) is 0 Å². The maximum absolute atomic E-state index is 14.1. The molecule has 0 radical (unpaired) electrons. The van der Waals surface area contributed by atoms with Gasteiger partial charge in [0.25, 0.3) is 6.01 Å². The Morgan fingerprint density at radius 3 is 2.48 bits per heavy atom. The van der Waals surface area contributed by atoms with E-state index in [2.05, 4.69) is 20.9 Å². The van der Waals surface area contributed by atoms with Gasteiger partial charge in [0.15, 0.2) is 11.2 Å². The lowest BCUT2D eigenvalue weighted by Gasteiger charge is -2.26. The van der Waals surface area contributed by atoms with E-state index >= 15 is 0 Å². The lowest BCUT2D eigenvalue weighted by molar-refractivity contribution is -0.147. The fourth-order valence-corrected chi connectivity index (χ4v) is 4.67. The summed E-state index contributed by atoms with van der Waals surface area (Å²) in [6, 6.07) is 4.83. The highest BCUT2D eigenvalue weighted by molar-refractivity contribution is 9.10. The Morgan fingerprint density at radius 1 is 1.15 bits per heavy atom. The Balaban J connectivity index is 2.11. The van der Waals surface area contributed by atoms with Gasteiger partial charge in [-0.1, -0.05) is 15.9 Å². The van der Waals surface area contributed by atoms with Crippen LogP contribution >= 0.6 is 15.9 Å². The van der Waals surface area contributed by atoms with Gasteiger partial charge in [-0.3, -0.25) is 14.4 Å². The summed E-state index contributed by atoms with van der Waals surface area (Å²) in [5.74, 6) is -2.91. The van der Waals surface area contributed by atoms with Crippen molar-refractivity contribution in [3.8, 4) is 11.3 Å². The Labute approximate surface area is 195 Å². The number of benzene rings is 1. The van der Waals surface area contributed by atoms with E-state index in [4.69, 9.17) is 24.4 Å². The number of oxazole rings is 1. The molecule has 1 spiro atoms. The van der Waals surface area contributed by atoms with Crippen molar-refractivity contribution in [1.82, 2.24) is 9.88 Å². The van der Waals surface area contributed by atoms with Crippen LogP contribution in [0.15, 0.2) is 38.4 Å². The Hall–Kier alpha value is -3.67. The molecule has 2 heterocycles. The molecule has 1 aromatic carbocycles. The quantitative estimate of drug-likeness (QED) is 0.451. The van der Waals surface area contributed by atoms with E-state index in [1.807, 2.05) is 0 Å². The number of esters is 3. The summed E-state index contributed by atoms with van der Waals surface area (Å²) in [5.41, 5.74) is 4.60. The van der Waals surface area contributed by atoms with E-state index < -0.39 is 42.2 Å². The third-order valence-corrected chi connectivity index (χ3v) is 6.12. The van der Waals surface area contributed by atoms with Crippen LogP contribution in [-0.4, -0.2) is 61.6 Å². The number of nitrogens with two attached hydrogens (primary N) is 1. The zero-order chi connectivity index (χ0) is 24.1. The van der Waals surface area contributed by atoms with E-state index in [0.29, 0.717) is 15.6 Å². The number of carbonyl (C=O) groups is 4. The van der Waals surface area contributed by atoms with Crippen molar-refractivity contribution in [1.29, 1.82) is 0 Å². The van der Waals surface area contributed by atoms with Crippen molar-refractivity contribution in [2.75, 3.05) is 33.6 Å². The maximum Gasteiger partial charge on any atom is 0.337 e. The first-order valence-electron chi connectivity index (χ1n) is 9.55. The highest BCUT2D eigenvalue weighted by Crippen LogP contribution is 2.58. The second kappa shape index (κ2) is 8.03. The second-order valence-electron chi connectivity index (χ2n) is 7.20. The Bertz CT molecular complexity index is 1250. The molecule has 4 rings (SSSR count). The topological polar surface area (TPSA) is 151 Å². The number of aromatic nitrogens is 1. The van der Waals surface area contributed by atoms with Crippen molar-refractivity contribution >= 4 is 45.8 Å². The van der Waals surface area contributed by atoms with E-state index in [9.17, 15) is 19.2 Å². The van der Waals surface area contributed by atoms with Crippen LogP contribution in [0.25, 0.3) is 11.3 Å². The molecule has 1 atom stereocenters. The molecule has 1 aliphatic carbocycles. The van der Waals surface area contributed by atoms with Gasteiger partial charge in [0.05, 0.1) is 33.3 Å². The van der Waals surface area contributed by atoms with Gasteiger partial charge >= 0.3 is 17.9 Å². The molecule has 0 saturated carbocycles. The first-order chi connectivity index (χ1) is 15.7. The van der Waals surface area contributed by atoms with Crippen molar-refractivity contribution in [3.05, 3.63) is 45.2 Å². The van der Waals surface area contributed by atoms with Gasteiger partial charge in [0, 0.05) is 15.7 Å². The fraction of sp³-hybridized carbons (Fsp3) is 0.286. The number of amides is 1. The number of anilines is 1. The predicted molar refractivity (Wildman–Crippen MR) is 114 cm³/mol. The van der Waals surface area contributed by atoms with Crippen LogP contribution in [0.1, 0.15) is 17.7 Å². The minimum absolute atomic E-state index is 0.0632. The van der Waals surface area contributed by atoms with Gasteiger partial charge < -0.3 is 29.3 Å². The summed E-state index contributed by atoms with van der Waals surface area (Å²) in [6.45, 7) is -0.560. The summed E-state index contributed by atoms with van der Waals surface area (Å²) in [5, 5.41) is 0. The molecule has 2 aliphatic rings. The number of hydrogen-bond acceptors (Lipinski definition) is 10. The first kappa shape index (κ1) is 22.5. The number of methoxy groups -OCH3 is 3. The largest absolute Gasteiger partial charge is 0.469 e. The van der Waals surface area contributed by atoms with Gasteiger partial charge in [-0.15, -0.1) is 0 Å². The average Bonchev–Trinajstić information content (AvgIpc) is 3.37. The molecular formula is C21H18BrN3O8. The van der Waals surface area contributed by atoms with Gasteiger partial charge in [-0.05, 0) is 23.8 Å². The van der Waals surface area contributed by atoms with E-state index in [1.165, 1.54) is 0 Å². The smallest absolute Gasteiger partial charge is 0.337 e. The van der Waals surface area contributed by atoms with Gasteiger partial charge in [0.2, 0.25) is 5.91 Å². The molecule has 1 aliphatic heterocycles. The molecule has 172 valence electrons. The number of nitrogens with zero attached hydrogens (tertiary/aromatic N) is 2. The van der Waals surface area contributed by atoms with Crippen molar-refractivity contribution in [2.24, 2.45) is 0 Å². The van der Waals surface area contributed by atoms with Gasteiger partial charge in [-0.2, -0.15) is 4.98 Å². The molecule has 0 bridgehead atoms. The summed E-state index contributed by atoms with van der Waals surface area (Å²) >= 11 is 3.39. The van der Waals surface area contributed by atoms with Crippen LogP contribution in [0.3, 0.4) is 0 Å². The lowest BCUT2D eigenvalue weighted by atomic mass is 9.74. The zero-order valence-electron chi connectivity index (χ0n) is 17.8. The molecule has 0 saturated heterocycles. The summed E-state index contributed by atoms with van der Waals surface area (Å²) in [7, 11) is 3.46. The highest BCUT2D eigenvalue weighted by atomic mass is 79.9. The number of halogens is 1. The number of fused-ring (bicyclic) bond motifs is 5. The molecule has 1 unspecified atom stereocenters. The summed E-state index contributed by atoms with van der Waals surface area (Å²) < 4.78 is 20.7.